The van der Waals surface area contributed by atoms with Gasteiger partial charge in [0.2, 0.25) is 0 Å². The number of fused-ring (bicyclic) bond motifs is 6. The Morgan fingerprint density at radius 3 is 2.82 bits per heavy atom. The molecule has 2 amide bonds. The molecule has 51 heavy (non-hydrogen) atoms. The summed E-state index contributed by atoms with van der Waals surface area (Å²) >= 11 is 6.54. The zero-order chi connectivity index (χ0) is 35.5. The van der Waals surface area contributed by atoms with E-state index in [4.69, 9.17) is 21.1 Å². The number of allylic oxidation sites excluding steroid dienone is 1. The number of nitrogens with zero attached hydrogens (tertiary/aromatic N) is 4. The number of carbonyl (C=O) groups excluding carboxylic acids is 2. The van der Waals surface area contributed by atoms with Crippen molar-refractivity contribution in [1.82, 2.24) is 14.5 Å². The highest BCUT2D eigenvalue weighted by Crippen LogP contribution is 2.61. The average molecular weight is 732 g/mol. The molecule has 0 saturated heterocycles. The van der Waals surface area contributed by atoms with Crippen LogP contribution in [0.3, 0.4) is 0 Å². The number of aromatic nitrogens is 2. The molecule has 3 aliphatic carbocycles. The summed E-state index contributed by atoms with van der Waals surface area (Å²) in [4.78, 5) is 29.8. The number of ether oxygens (including phenoxy) is 2. The highest BCUT2D eigenvalue weighted by molar-refractivity contribution is 7.92. The van der Waals surface area contributed by atoms with Crippen LogP contribution in [0.2, 0.25) is 5.02 Å². The third kappa shape index (κ3) is 6.61. The highest BCUT2D eigenvalue weighted by atomic mass is 35.5. The Balaban J connectivity index is 1.20. The Kier molecular flexibility index (Phi) is 9.03. The lowest BCUT2D eigenvalue weighted by Crippen LogP contribution is -2.49. The van der Waals surface area contributed by atoms with E-state index < -0.39 is 21.7 Å². The number of rotatable bonds is 4. The number of methoxy groups -OCH3 is 1. The molecule has 5 aliphatic rings. The van der Waals surface area contributed by atoms with Gasteiger partial charge in [0.1, 0.15) is 15.7 Å². The van der Waals surface area contributed by atoms with Crippen LogP contribution in [0.5, 0.6) is 5.75 Å². The maximum Gasteiger partial charge on any atom is 0.286 e. The molecular weight excluding hydrogens is 686 g/mol. The highest BCUT2D eigenvalue weighted by Gasteiger charge is 2.54. The number of aryl methyl sites for hydroxylation is 1. The molecule has 3 heterocycles. The second-order valence-electron chi connectivity index (χ2n) is 15.4. The molecule has 2 aromatic carbocycles. The zero-order valence-electron chi connectivity index (χ0n) is 29.4. The van der Waals surface area contributed by atoms with Gasteiger partial charge in [-0.25, -0.2) is 4.21 Å². The van der Waals surface area contributed by atoms with Crippen molar-refractivity contribution in [2.24, 2.45) is 28.0 Å². The molecule has 2 fully saturated rings. The normalized spacial score (nSPS) is 33.3. The van der Waals surface area contributed by atoms with Gasteiger partial charge in [-0.3, -0.25) is 19.0 Å². The molecule has 2 saturated carbocycles. The lowest BCUT2D eigenvalue weighted by atomic mass is 9.68. The number of nitrogens with one attached hydrogen (secondary N) is 1. The molecule has 2 aliphatic heterocycles. The number of benzene rings is 2. The maximum absolute atomic E-state index is 14.5. The second kappa shape index (κ2) is 13.4. The van der Waals surface area contributed by atoms with Crippen LogP contribution in [-0.4, -0.2) is 64.5 Å². The first-order valence-corrected chi connectivity index (χ1v) is 20.3. The minimum atomic E-state index is -3.52. The molecule has 1 aromatic heterocycles. The van der Waals surface area contributed by atoms with Crippen LogP contribution in [0.4, 0.5) is 5.69 Å². The van der Waals surface area contributed by atoms with Crippen molar-refractivity contribution < 1.29 is 23.3 Å². The average Bonchev–Trinajstić information content (AvgIpc) is 3.74. The summed E-state index contributed by atoms with van der Waals surface area (Å²) in [6.45, 7) is 6.50. The molecule has 8 rings (SSSR count). The number of hydrogen-bond donors (Lipinski definition) is 1. The van der Waals surface area contributed by atoms with Gasteiger partial charge in [0.15, 0.2) is 0 Å². The number of halogens is 1. The van der Waals surface area contributed by atoms with Gasteiger partial charge < -0.3 is 14.4 Å². The van der Waals surface area contributed by atoms with Gasteiger partial charge in [0.05, 0.1) is 35.9 Å². The first kappa shape index (κ1) is 34.4. The predicted molar refractivity (Wildman–Crippen MR) is 198 cm³/mol. The van der Waals surface area contributed by atoms with Crippen LogP contribution in [-0.2, 0) is 26.6 Å². The van der Waals surface area contributed by atoms with Crippen molar-refractivity contribution in [2.75, 3.05) is 37.5 Å². The van der Waals surface area contributed by atoms with Gasteiger partial charge in [0.25, 0.3) is 11.8 Å². The summed E-state index contributed by atoms with van der Waals surface area (Å²) in [5, 5.41) is 4.95. The summed E-state index contributed by atoms with van der Waals surface area (Å²) in [7, 11) is -1.75. The Morgan fingerprint density at radius 2 is 2.06 bits per heavy atom. The van der Waals surface area contributed by atoms with E-state index in [2.05, 4.69) is 43.4 Å². The number of carbonyl (C=O) groups is 2. The third-order valence-corrected chi connectivity index (χ3v) is 14.0. The summed E-state index contributed by atoms with van der Waals surface area (Å²) in [5.41, 5.74) is 3.81. The number of hydrogen-bond acceptors (Lipinski definition) is 7. The minimum absolute atomic E-state index is 0.00865. The van der Waals surface area contributed by atoms with Crippen LogP contribution in [0.25, 0.3) is 0 Å². The van der Waals surface area contributed by atoms with Crippen LogP contribution in [0.1, 0.15) is 83.7 Å². The number of anilines is 1. The molecule has 0 radical (unpaired) electrons. The first-order chi connectivity index (χ1) is 24.6. The van der Waals surface area contributed by atoms with Crippen LogP contribution >= 0.6 is 11.6 Å². The van der Waals surface area contributed by atoms with Gasteiger partial charge in [-0.15, -0.1) is 4.36 Å². The van der Waals surface area contributed by atoms with E-state index >= 15 is 0 Å². The molecule has 12 heteroatoms. The summed E-state index contributed by atoms with van der Waals surface area (Å²) in [6.07, 6.45) is 12.2. The van der Waals surface area contributed by atoms with Crippen LogP contribution < -0.4 is 14.4 Å². The molecular formula is C39H46ClN5O5S. The Morgan fingerprint density at radius 1 is 1.20 bits per heavy atom. The fourth-order valence-electron chi connectivity index (χ4n) is 8.95. The SMILES string of the molecule is CCn1cc(C(=O)NS2(=O)=NC(=O)c3ccc4c(c3)N(C[C@@H]3CC[C@H]3[C@@H](OC)/C=C/C[C@H](C)C2)C[C@]2(CO4)C[C@@H]3C[C@@H]3c3cc(Cl)ccc32)cn1. The van der Waals surface area contributed by atoms with Crippen LogP contribution in [0.15, 0.2) is 65.3 Å². The van der Waals surface area contributed by atoms with Gasteiger partial charge in [0, 0.05) is 48.9 Å². The minimum Gasteiger partial charge on any atom is -0.490 e. The molecule has 1 unspecified atom stereocenters. The largest absolute Gasteiger partial charge is 0.490 e. The molecule has 270 valence electrons. The fourth-order valence-corrected chi connectivity index (χ4v) is 11.0. The predicted octanol–water partition coefficient (Wildman–Crippen LogP) is 6.79. The molecule has 2 bridgehead atoms. The quantitative estimate of drug-likeness (QED) is 0.294. The van der Waals surface area contributed by atoms with Gasteiger partial charge in [-0.05, 0) is 110 Å². The van der Waals surface area contributed by atoms with Crippen molar-refractivity contribution in [1.29, 1.82) is 0 Å². The zero-order valence-corrected chi connectivity index (χ0v) is 31.0. The third-order valence-electron chi connectivity index (χ3n) is 11.8. The van der Waals surface area contributed by atoms with E-state index in [-0.39, 0.29) is 28.8 Å². The smallest absolute Gasteiger partial charge is 0.286 e. The second-order valence-corrected chi connectivity index (χ2v) is 17.8. The lowest BCUT2D eigenvalue weighted by molar-refractivity contribution is 0.0131. The van der Waals surface area contributed by atoms with E-state index in [0.717, 1.165) is 43.1 Å². The van der Waals surface area contributed by atoms with Crippen molar-refractivity contribution in [3.05, 3.63) is 88.2 Å². The monoisotopic (exact) mass is 731 g/mol. The summed E-state index contributed by atoms with van der Waals surface area (Å²) in [6, 6.07) is 11.7. The van der Waals surface area contributed by atoms with E-state index in [1.807, 2.05) is 32.0 Å². The molecule has 1 N–H and O–H groups in total. The van der Waals surface area contributed by atoms with E-state index in [0.29, 0.717) is 54.6 Å². The standard InChI is InChI=1S/C39H46ClN5O5S/c1-4-45-20-28(18-41-45)38(47)43-51(48)21-24(2)6-5-7-35(49-3)30-11-8-26(30)19-44-22-39(17-27-14-31(27)32-16-29(40)10-12-33(32)39)23-50-36-13-9-25(15-34(36)44)37(46)42-51/h5,7,9-10,12-13,15-16,18,20,24,26-27,30-31,35H,4,6,8,11,14,17,19,21-23H2,1-3H3,(H,42,43,46,47,48)/b7-5+/t24-,26-,27-,30+,31-,35-,39-,51?/m0/s1. The van der Waals surface area contributed by atoms with Gasteiger partial charge >= 0.3 is 0 Å². The van der Waals surface area contributed by atoms with Gasteiger partial charge in [-0.2, -0.15) is 5.10 Å². The Bertz CT molecular complexity index is 2020. The summed E-state index contributed by atoms with van der Waals surface area (Å²) < 4.78 is 35.8. The van der Waals surface area contributed by atoms with Crippen molar-refractivity contribution in [2.45, 2.75) is 69.9 Å². The van der Waals surface area contributed by atoms with Gasteiger partial charge in [-0.1, -0.05) is 36.7 Å². The lowest BCUT2D eigenvalue weighted by Gasteiger charge is -2.46. The number of amides is 2. The maximum atomic E-state index is 14.5. The van der Waals surface area contributed by atoms with E-state index in [1.54, 1.807) is 24.1 Å². The van der Waals surface area contributed by atoms with E-state index in [9.17, 15) is 13.8 Å². The summed E-state index contributed by atoms with van der Waals surface area (Å²) in [5.74, 6) is 1.26. The fraction of sp³-hybridized carbons (Fsp3) is 0.513. The topological polar surface area (TPSA) is 115 Å². The molecule has 10 nitrogen and oxygen atoms in total. The first-order valence-electron chi connectivity index (χ1n) is 18.2. The van der Waals surface area contributed by atoms with Crippen LogP contribution in [0, 0.1) is 23.7 Å². The van der Waals surface area contributed by atoms with Crippen molar-refractivity contribution in [3.63, 3.8) is 0 Å². The van der Waals surface area contributed by atoms with Crippen molar-refractivity contribution >= 4 is 39.0 Å². The van der Waals surface area contributed by atoms with Crippen molar-refractivity contribution in [3.8, 4) is 5.75 Å². The Labute approximate surface area is 305 Å². The molecule has 3 aromatic rings. The van der Waals surface area contributed by atoms with E-state index in [1.165, 1.54) is 23.7 Å². The molecule has 8 atom stereocenters. The Hall–Kier alpha value is -3.67. The molecule has 1 spiro atoms.